The van der Waals surface area contributed by atoms with Crippen LogP contribution in [-0.2, 0) is 28.6 Å². The molecule has 0 fully saturated rings. The second-order valence-corrected chi connectivity index (χ2v) is 22.7. The number of hydrogen-bond donors (Lipinski definition) is 0. The van der Waals surface area contributed by atoms with Crippen molar-refractivity contribution in [2.24, 2.45) is 0 Å². The number of esters is 3. The van der Waals surface area contributed by atoms with Crippen LogP contribution in [0.4, 0.5) is 0 Å². The molecule has 0 aromatic heterocycles. The van der Waals surface area contributed by atoms with E-state index in [4.69, 9.17) is 14.2 Å². The summed E-state index contributed by atoms with van der Waals surface area (Å²) in [7, 11) is 0. The van der Waals surface area contributed by atoms with Gasteiger partial charge in [0.25, 0.3) is 0 Å². The van der Waals surface area contributed by atoms with Crippen LogP contribution in [0.15, 0.2) is 122 Å². The van der Waals surface area contributed by atoms with Crippen molar-refractivity contribution in [1.82, 2.24) is 0 Å². The molecule has 0 aromatic carbocycles. The van der Waals surface area contributed by atoms with Crippen molar-refractivity contribution in [1.29, 1.82) is 0 Å². The highest BCUT2D eigenvalue weighted by Gasteiger charge is 2.19. The molecule has 0 N–H and O–H groups in total. The highest BCUT2D eigenvalue weighted by molar-refractivity contribution is 5.71. The largest absolute Gasteiger partial charge is 0.462 e. The molecule has 0 amide bonds. The van der Waals surface area contributed by atoms with E-state index < -0.39 is 6.10 Å². The van der Waals surface area contributed by atoms with Crippen LogP contribution in [0.2, 0.25) is 0 Å². The normalized spacial score (nSPS) is 12.9. The summed E-state index contributed by atoms with van der Waals surface area (Å²) >= 11 is 0. The summed E-state index contributed by atoms with van der Waals surface area (Å²) in [4.78, 5) is 38.4. The van der Waals surface area contributed by atoms with Crippen LogP contribution >= 0.6 is 0 Å². The van der Waals surface area contributed by atoms with E-state index in [-0.39, 0.29) is 31.1 Å². The van der Waals surface area contributed by atoms with Crippen molar-refractivity contribution in [3.05, 3.63) is 122 Å². The lowest BCUT2D eigenvalue weighted by Crippen LogP contribution is -2.30. The van der Waals surface area contributed by atoms with Crippen LogP contribution in [0.3, 0.4) is 0 Å². The minimum absolute atomic E-state index is 0.0850. The number of carbonyl (C=O) groups excluding carboxylic acids is 3. The summed E-state index contributed by atoms with van der Waals surface area (Å²) in [6.45, 7) is 6.40. The lowest BCUT2D eigenvalue weighted by Gasteiger charge is -2.18. The molecule has 0 heterocycles. The second kappa shape index (κ2) is 69.3. The predicted octanol–water partition coefficient (Wildman–Crippen LogP) is 23.9. The van der Waals surface area contributed by atoms with E-state index >= 15 is 0 Å². The molecule has 0 rings (SSSR count). The Morgan fingerprint density at radius 1 is 0.256 bits per heavy atom. The van der Waals surface area contributed by atoms with Gasteiger partial charge in [-0.05, 0) is 128 Å². The molecule has 0 radical (unpaired) electrons. The van der Waals surface area contributed by atoms with E-state index in [9.17, 15) is 14.4 Å². The zero-order chi connectivity index (χ0) is 59.2. The van der Waals surface area contributed by atoms with Gasteiger partial charge in [0.1, 0.15) is 13.2 Å². The van der Waals surface area contributed by atoms with Crippen molar-refractivity contribution >= 4 is 17.9 Å². The molecule has 6 nitrogen and oxygen atoms in total. The fourth-order valence-corrected chi connectivity index (χ4v) is 9.57. The van der Waals surface area contributed by atoms with Crippen molar-refractivity contribution < 1.29 is 28.6 Å². The summed E-state index contributed by atoms with van der Waals surface area (Å²) in [5.74, 6) is -0.896. The Balaban J connectivity index is 4.27. The Bertz CT molecular complexity index is 1690. The standard InChI is InChI=1S/C76H128O6/c1-4-7-10-13-16-19-22-25-27-29-31-33-35-36-37-38-39-40-42-43-45-47-49-51-54-57-60-63-66-69-75(78)81-72-73(71-80-74(77)68-65-62-59-56-53-24-21-18-15-12-9-6-3)82-76(79)70-67-64-61-58-55-52-50-48-46-44-41-34-32-30-28-26-23-20-17-14-11-8-5-2/h7-8,10-11,16-21,25-28,31-34,44,46,73H,4-6,9,12-15,22-24,29-30,35-43,45,47-72H2,1-3H3/b10-7-,11-8-,19-16-,20-17-,21-18-,27-25-,28-26-,33-31-,34-32-,46-44-. The summed E-state index contributed by atoms with van der Waals surface area (Å²) in [5.41, 5.74) is 0. The van der Waals surface area contributed by atoms with Gasteiger partial charge in [0.05, 0.1) is 0 Å². The molecule has 0 aliphatic heterocycles. The van der Waals surface area contributed by atoms with Crippen LogP contribution in [0, 0.1) is 0 Å². The molecule has 0 bridgehead atoms. The molecular weight excluding hydrogens is 1010 g/mol. The van der Waals surface area contributed by atoms with Crippen LogP contribution in [0.5, 0.6) is 0 Å². The number of unbranched alkanes of at least 4 members (excludes halogenated alkanes) is 31. The highest BCUT2D eigenvalue weighted by atomic mass is 16.6. The quantitative estimate of drug-likeness (QED) is 0.0261. The summed E-state index contributed by atoms with van der Waals surface area (Å²) in [5, 5.41) is 0. The van der Waals surface area contributed by atoms with E-state index in [1.165, 1.54) is 154 Å². The fourth-order valence-electron chi connectivity index (χ4n) is 9.57. The molecule has 0 saturated carbocycles. The molecule has 6 heteroatoms. The fraction of sp³-hybridized carbons (Fsp3) is 0.697. The van der Waals surface area contributed by atoms with Crippen LogP contribution in [0.25, 0.3) is 0 Å². The lowest BCUT2D eigenvalue weighted by molar-refractivity contribution is -0.167. The van der Waals surface area contributed by atoms with E-state index in [1.807, 2.05) is 0 Å². The third kappa shape index (κ3) is 66.6. The SMILES string of the molecule is CC/C=C\C/C=C\C/C=C\C/C=C\C/C=C\CCCCCCCCCC(=O)OC(COC(=O)CCCCCCC/C=C\CCCCC)COC(=O)CCCCCCCCCCCCCCCCCC/C=C\C/C=C\C/C=C\C/C=C\CC. The summed E-state index contributed by atoms with van der Waals surface area (Å²) < 4.78 is 16.9. The molecule has 0 aliphatic carbocycles. The van der Waals surface area contributed by atoms with Gasteiger partial charge in [0.15, 0.2) is 6.10 Å². The average Bonchev–Trinajstić information content (AvgIpc) is 3.47. The van der Waals surface area contributed by atoms with Crippen LogP contribution in [-0.4, -0.2) is 37.2 Å². The Kier molecular flexibility index (Phi) is 65.8. The summed E-state index contributed by atoms with van der Waals surface area (Å²) in [6, 6.07) is 0. The monoisotopic (exact) mass is 1140 g/mol. The van der Waals surface area contributed by atoms with E-state index in [2.05, 4.69) is 142 Å². The third-order valence-electron chi connectivity index (χ3n) is 14.7. The lowest BCUT2D eigenvalue weighted by atomic mass is 10.0. The third-order valence-corrected chi connectivity index (χ3v) is 14.7. The maximum atomic E-state index is 12.9. The van der Waals surface area contributed by atoms with Crippen molar-refractivity contribution in [3.63, 3.8) is 0 Å². The number of carbonyl (C=O) groups is 3. The average molecular weight is 1140 g/mol. The zero-order valence-electron chi connectivity index (χ0n) is 53.7. The van der Waals surface area contributed by atoms with E-state index in [0.717, 1.165) is 128 Å². The first-order valence-electron chi connectivity index (χ1n) is 34.5. The molecule has 0 saturated heterocycles. The Morgan fingerprint density at radius 2 is 0.476 bits per heavy atom. The molecule has 0 aromatic rings. The maximum absolute atomic E-state index is 12.9. The van der Waals surface area contributed by atoms with E-state index in [0.29, 0.717) is 19.3 Å². The minimum Gasteiger partial charge on any atom is -0.462 e. The number of allylic oxidation sites excluding steroid dienone is 20. The number of ether oxygens (including phenoxy) is 3. The first kappa shape index (κ1) is 77.8. The molecule has 468 valence electrons. The Hall–Kier alpha value is -4.19. The van der Waals surface area contributed by atoms with Crippen molar-refractivity contribution in [3.8, 4) is 0 Å². The first-order chi connectivity index (χ1) is 40.5. The van der Waals surface area contributed by atoms with Gasteiger partial charge >= 0.3 is 17.9 Å². The zero-order valence-corrected chi connectivity index (χ0v) is 53.7. The number of rotatable bonds is 62. The van der Waals surface area contributed by atoms with E-state index in [1.54, 1.807) is 0 Å². The van der Waals surface area contributed by atoms with Gasteiger partial charge in [0, 0.05) is 19.3 Å². The predicted molar refractivity (Wildman–Crippen MR) is 357 cm³/mol. The highest BCUT2D eigenvalue weighted by Crippen LogP contribution is 2.17. The molecule has 82 heavy (non-hydrogen) atoms. The van der Waals surface area contributed by atoms with Gasteiger partial charge in [-0.25, -0.2) is 0 Å². The van der Waals surface area contributed by atoms with Crippen molar-refractivity contribution in [2.75, 3.05) is 13.2 Å². The number of hydrogen-bond acceptors (Lipinski definition) is 6. The van der Waals surface area contributed by atoms with Gasteiger partial charge in [0.2, 0.25) is 0 Å². The molecule has 0 aliphatic rings. The molecule has 1 atom stereocenters. The van der Waals surface area contributed by atoms with Crippen LogP contribution in [0.1, 0.15) is 323 Å². The molecule has 1 unspecified atom stereocenters. The smallest absolute Gasteiger partial charge is 0.306 e. The Morgan fingerprint density at radius 3 is 0.756 bits per heavy atom. The van der Waals surface area contributed by atoms with Crippen LogP contribution < -0.4 is 0 Å². The second-order valence-electron chi connectivity index (χ2n) is 22.7. The van der Waals surface area contributed by atoms with Crippen molar-refractivity contribution in [2.45, 2.75) is 329 Å². The minimum atomic E-state index is -0.791. The van der Waals surface area contributed by atoms with Gasteiger partial charge in [-0.2, -0.15) is 0 Å². The van der Waals surface area contributed by atoms with Gasteiger partial charge in [-0.15, -0.1) is 0 Å². The Labute approximate surface area is 507 Å². The molecular formula is C76H128O6. The molecule has 0 spiro atoms. The van der Waals surface area contributed by atoms with Gasteiger partial charge in [-0.3, -0.25) is 14.4 Å². The van der Waals surface area contributed by atoms with Gasteiger partial charge < -0.3 is 14.2 Å². The topological polar surface area (TPSA) is 78.9 Å². The summed E-state index contributed by atoms with van der Waals surface area (Å²) in [6.07, 6.45) is 96.5. The van der Waals surface area contributed by atoms with Gasteiger partial charge in [-0.1, -0.05) is 296 Å². The maximum Gasteiger partial charge on any atom is 0.306 e. The first-order valence-corrected chi connectivity index (χ1v) is 34.5.